The molecule has 2 atom stereocenters. The molecule has 1 saturated heterocycles. The van der Waals surface area contributed by atoms with E-state index < -0.39 is 29.2 Å². The van der Waals surface area contributed by atoms with Crippen molar-refractivity contribution in [1.29, 1.82) is 0 Å². The predicted octanol–water partition coefficient (Wildman–Crippen LogP) is 0.670. The first-order valence-corrected chi connectivity index (χ1v) is 10.3. The fourth-order valence-electron chi connectivity index (χ4n) is 3.52. The lowest BCUT2D eigenvalue weighted by molar-refractivity contribution is -0.150. The van der Waals surface area contributed by atoms with E-state index in [0.29, 0.717) is 0 Å². The first kappa shape index (κ1) is 18.8. The van der Waals surface area contributed by atoms with Gasteiger partial charge in [-0.1, -0.05) is 23.8 Å². The quantitative estimate of drug-likeness (QED) is 0.443. The number of carbonyl (C=O) groups is 4. The minimum absolute atomic E-state index is 0.0980. The highest BCUT2D eigenvalue weighted by Gasteiger charge is 2.55. The van der Waals surface area contributed by atoms with E-state index in [2.05, 4.69) is 10.6 Å². The number of fused-ring (bicyclic) bond motifs is 1. The molecule has 2 heterocycles. The third-order valence-corrected chi connectivity index (χ3v) is 6.43. The number of nitrogens with one attached hydrogen (secondary N) is 2. The number of nitrogens with zero attached hydrogens (tertiary/aromatic N) is 1. The van der Waals surface area contributed by atoms with Crippen molar-refractivity contribution in [3.63, 3.8) is 0 Å². The molecule has 1 saturated carbocycles. The fraction of sp³-hybridized carbons (Fsp3) is 0.474. The zero-order valence-corrected chi connectivity index (χ0v) is 16.0. The number of carboxylic acids is 1. The summed E-state index contributed by atoms with van der Waals surface area (Å²) >= 11 is 1.30. The number of rotatable bonds is 6. The highest BCUT2D eigenvalue weighted by atomic mass is 32.2. The van der Waals surface area contributed by atoms with E-state index in [1.54, 1.807) is 0 Å². The molecule has 0 aromatic carbocycles. The molecule has 2 fully saturated rings. The van der Waals surface area contributed by atoms with E-state index in [1.807, 2.05) is 18.2 Å². The van der Waals surface area contributed by atoms with Crippen molar-refractivity contribution in [2.24, 2.45) is 0 Å². The molecular weight excluding hydrogens is 382 g/mol. The smallest absolute Gasteiger partial charge is 0.353 e. The summed E-state index contributed by atoms with van der Waals surface area (Å²) in [4.78, 5) is 50.1. The number of hydrogen-bond acceptors (Lipinski definition) is 5. The van der Waals surface area contributed by atoms with Crippen molar-refractivity contribution in [2.45, 2.75) is 49.6 Å². The van der Waals surface area contributed by atoms with Gasteiger partial charge in [0.2, 0.25) is 5.91 Å². The van der Waals surface area contributed by atoms with Crippen LogP contribution in [0.5, 0.6) is 0 Å². The van der Waals surface area contributed by atoms with Gasteiger partial charge in [-0.3, -0.25) is 19.3 Å². The molecule has 9 heteroatoms. The number of amides is 3. The number of hydrogen-bond donors (Lipinski definition) is 3. The molecule has 3 amide bonds. The van der Waals surface area contributed by atoms with E-state index in [-0.39, 0.29) is 35.4 Å². The van der Waals surface area contributed by atoms with E-state index in [9.17, 15) is 24.3 Å². The molecule has 4 rings (SSSR count). The molecule has 1 unspecified atom stereocenters. The third kappa shape index (κ3) is 3.58. The summed E-state index contributed by atoms with van der Waals surface area (Å²) in [5.41, 5.74) is 0.848. The SMILES string of the molecule is O=C(CC1=CCC=CC1)NC1C(=O)N2C(C(=O)O)=C(C(=O)NC3CC3)CS[C@H]12. The van der Waals surface area contributed by atoms with Gasteiger partial charge in [-0.2, -0.15) is 0 Å². The summed E-state index contributed by atoms with van der Waals surface area (Å²) in [6.45, 7) is 0. The second-order valence-electron chi connectivity index (χ2n) is 7.29. The molecule has 0 bridgehead atoms. The predicted molar refractivity (Wildman–Crippen MR) is 102 cm³/mol. The van der Waals surface area contributed by atoms with Crippen molar-refractivity contribution in [2.75, 3.05) is 5.75 Å². The van der Waals surface area contributed by atoms with Gasteiger partial charge >= 0.3 is 5.97 Å². The van der Waals surface area contributed by atoms with Crippen LogP contribution in [0.1, 0.15) is 32.1 Å². The number of β-lactam (4-membered cyclic amide) rings is 1. The molecule has 4 aliphatic rings. The van der Waals surface area contributed by atoms with E-state index >= 15 is 0 Å². The van der Waals surface area contributed by atoms with E-state index in [4.69, 9.17) is 0 Å². The maximum atomic E-state index is 12.6. The molecule has 148 valence electrons. The monoisotopic (exact) mass is 403 g/mol. The lowest BCUT2D eigenvalue weighted by atomic mass is 10.00. The molecular formula is C19H21N3O5S. The van der Waals surface area contributed by atoms with E-state index in [0.717, 1.165) is 36.2 Å². The molecule has 0 aromatic rings. The van der Waals surface area contributed by atoms with Crippen LogP contribution < -0.4 is 10.6 Å². The number of carboxylic acid groups (broad SMARTS) is 1. The first-order chi connectivity index (χ1) is 13.5. The van der Waals surface area contributed by atoms with Crippen LogP contribution in [-0.4, -0.2) is 56.9 Å². The molecule has 0 radical (unpaired) electrons. The van der Waals surface area contributed by atoms with Crippen LogP contribution in [0.2, 0.25) is 0 Å². The molecule has 28 heavy (non-hydrogen) atoms. The maximum Gasteiger partial charge on any atom is 0.353 e. The second kappa shape index (κ2) is 7.46. The van der Waals surface area contributed by atoms with Crippen molar-refractivity contribution in [3.05, 3.63) is 35.1 Å². The Morgan fingerprint density at radius 3 is 2.64 bits per heavy atom. The highest BCUT2D eigenvalue weighted by Crippen LogP contribution is 2.40. The molecule has 2 aliphatic carbocycles. The number of carbonyl (C=O) groups excluding carboxylic acids is 3. The molecule has 8 nitrogen and oxygen atoms in total. The van der Waals surface area contributed by atoms with Crippen LogP contribution in [0.25, 0.3) is 0 Å². The third-order valence-electron chi connectivity index (χ3n) is 5.15. The van der Waals surface area contributed by atoms with Crippen LogP contribution in [-0.2, 0) is 19.2 Å². The lowest BCUT2D eigenvalue weighted by Gasteiger charge is -2.49. The number of thioether (sulfide) groups is 1. The van der Waals surface area contributed by atoms with Gasteiger partial charge in [-0.05, 0) is 25.7 Å². The van der Waals surface area contributed by atoms with Gasteiger partial charge in [0.05, 0.1) is 5.57 Å². The Morgan fingerprint density at radius 1 is 1.21 bits per heavy atom. The Hall–Kier alpha value is -2.55. The minimum Gasteiger partial charge on any atom is -0.477 e. The normalized spacial score (nSPS) is 26.2. The van der Waals surface area contributed by atoms with Crippen molar-refractivity contribution >= 4 is 35.5 Å². The summed E-state index contributed by atoms with van der Waals surface area (Å²) in [6.07, 6.45) is 9.57. The average molecular weight is 403 g/mol. The topological polar surface area (TPSA) is 116 Å². The number of aliphatic carboxylic acids is 1. The molecule has 2 aliphatic heterocycles. The van der Waals surface area contributed by atoms with Crippen molar-refractivity contribution < 1.29 is 24.3 Å². The summed E-state index contributed by atoms with van der Waals surface area (Å²) in [6, 6.07) is -0.666. The van der Waals surface area contributed by atoms with Gasteiger partial charge in [-0.25, -0.2) is 4.79 Å². The summed E-state index contributed by atoms with van der Waals surface area (Å²) < 4.78 is 0. The maximum absolute atomic E-state index is 12.6. The van der Waals surface area contributed by atoms with Crippen LogP contribution >= 0.6 is 11.8 Å². The first-order valence-electron chi connectivity index (χ1n) is 9.30. The van der Waals surface area contributed by atoms with E-state index in [1.165, 1.54) is 11.8 Å². The standard InChI is InChI=1S/C19H21N3O5S/c23-13(8-10-4-2-1-3-5-10)21-14-17(25)22-15(19(26)27)12(9-28-18(14)22)16(24)20-11-6-7-11/h1-2,5,11,14,18H,3-4,6-9H2,(H,20,24)(H,21,23)(H,26,27)/t14?,18-/m1/s1. The van der Waals surface area contributed by atoms with Crippen LogP contribution in [0, 0.1) is 0 Å². The summed E-state index contributed by atoms with van der Waals surface area (Å²) in [7, 11) is 0. The van der Waals surface area contributed by atoms with Crippen molar-refractivity contribution in [1.82, 2.24) is 15.5 Å². The number of allylic oxidation sites excluding steroid dienone is 3. The summed E-state index contributed by atoms with van der Waals surface area (Å²) in [5, 5.41) is 14.6. The molecule has 0 aromatic heterocycles. The largest absolute Gasteiger partial charge is 0.477 e. The Kier molecular flexibility index (Phi) is 5.01. The zero-order valence-electron chi connectivity index (χ0n) is 15.1. The Labute approximate surface area is 166 Å². The van der Waals surface area contributed by atoms with Crippen molar-refractivity contribution in [3.8, 4) is 0 Å². The van der Waals surface area contributed by atoms with Crippen LogP contribution in [0.3, 0.4) is 0 Å². The second-order valence-corrected chi connectivity index (χ2v) is 8.39. The molecule has 0 spiro atoms. The van der Waals surface area contributed by atoms with Gasteiger partial charge in [0.15, 0.2) is 0 Å². The average Bonchev–Trinajstić information content (AvgIpc) is 3.49. The molecule has 3 N–H and O–H groups in total. The minimum atomic E-state index is -1.30. The van der Waals surface area contributed by atoms with Crippen LogP contribution in [0.4, 0.5) is 0 Å². The Balaban J connectivity index is 1.44. The van der Waals surface area contributed by atoms with Gasteiger partial charge in [-0.15, -0.1) is 11.8 Å². The summed E-state index contributed by atoms with van der Waals surface area (Å²) in [5.74, 6) is -2.28. The highest BCUT2D eigenvalue weighted by molar-refractivity contribution is 8.00. The van der Waals surface area contributed by atoms with Gasteiger partial charge in [0, 0.05) is 18.2 Å². The Bertz CT molecular complexity index is 843. The fourth-order valence-corrected chi connectivity index (χ4v) is 4.86. The van der Waals surface area contributed by atoms with Crippen LogP contribution in [0.15, 0.2) is 35.1 Å². The van der Waals surface area contributed by atoms with Gasteiger partial charge in [0.25, 0.3) is 11.8 Å². The van der Waals surface area contributed by atoms with Gasteiger partial charge < -0.3 is 15.7 Å². The zero-order chi connectivity index (χ0) is 19.8. The Morgan fingerprint density at radius 2 is 2.00 bits per heavy atom. The van der Waals surface area contributed by atoms with Gasteiger partial charge in [0.1, 0.15) is 17.1 Å². The lowest BCUT2D eigenvalue weighted by Crippen LogP contribution is -2.70.